The molecule has 0 amide bonds. The van der Waals surface area contributed by atoms with Gasteiger partial charge in [-0.25, -0.2) is 0 Å². The van der Waals surface area contributed by atoms with Gasteiger partial charge in [-0.1, -0.05) is 29.4 Å². The third kappa shape index (κ3) is 9.02. The molecule has 202 valence electrons. The quantitative estimate of drug-likeness (QED) is 0.208. The minimum absolute atomic E-state index is 0.00639. The molecule has 1 atom stereocenters. The molecular formula is C30H43F3O3. The van der Waals surface area contributed by atoms with Crippen molar-refractivity contribution >= 4 is 0 Å². The van der Waals surface area contributed by atoms with Crippen molar-refractivity contribution in [2.24, 2.45) is 0 Å². The number of benzene rings is 1. The Balaban J connectivity index is 2.02. The number of halogens is 3. The third-order valence-corrected chi connectivity index (χ3v) is 6.90. The molecule has 1 aromatic rings. The summed E-state index contributed by atoms with van der Waals surface area (Å²) in [4.78, 5) is 0. The number of alkyl halides is 3. The van der Waals surface area contributed by atoms with Crippen LogP contribution in [-0.4, -0.2) is 25.7 Å². The normalized spacial score (nSPS) is 18.5. The second kappa shape index (κ2) is 13.4. The predicted molar refractivity (Wildman–Crippen MR) is 141 cm³/mol. The lowest BCUT2D eigenvalue weighted by atomic mass is 9.86. The molecule has 1 heterocycles. The summed E-state index contributed by atoms with van der Waals surface area (Å²) in [6, 6.07) is 1.99. The molecule has 6 heteroatoms. The number of hydrogen-bond acceptors (Lipinski definition) is 3. The molecule has 0 aliphatic carbocycles. The van der Waals surface area contributed by atoms with Gasteiger partial charge in [-0.3, -0.25) is 0 Å². The van der Waals surface area contributed by atoms with Crippen LogP contribution in [0.4, 0.5) is 13.2 Å². The molecule has 3 nitrogen and oxygen atoms in total. The molecule has 0 fully saturated rings. The summed E-state index contributed by atoms with van der Waals surface area (Å²) in [6.45, 7) is 12.2. The van der Waals surface area contributed by atoms with E-state index < -0.39 is 17.4 Å². The summed E-state index contributed by atoms with van der Waals surface area (Å²) in [5.41, 5.74) is 4.50. The maximum absolute atomic E-state index is 13.7. The van der Waals surface area contributed by atoms with Crippen LogP contribution in [0.1, 0.15) is 89.3 Å². The van der Waals surface area contributed by atoms with Crippen LogP contribution >= 0.6 is 0 Å². The first-order valence-corrected chi connectivity index (χ1v) is 12.9. The van der Waals surface area contributed by atoms with Crippen LogP contribution in [0.15, 0.2) is 41.0 Å². The molecule has 0 saturated carbocycles. The van der Waals surface area contributed by atoms with E-state index >= 15 is 0 Å². The summed E-state index contributed by atoms with van der Waals surface area (Å²) in [5, 5.41) is 0. The van der Waals surface area contributed by atoms with Gasteiger partial charge in [-0.2, -0.15) is 13.2 Å². The zero-order chi connectivity index (χ0) is 26.9. The van der Waals surface area contributed by atoms with E-state index in [1.807, 2.05) is 53.7 Å². The highest BCUT2D eigenvalue weighted by atomic mass is 19.4. The van der Waals surface area contributed by atoms with Gasteiger partial charge >= 0.3 is 6.18 Å². The Labute approximate surface area is 215 Å². The number of aryl methyl sites for hydroxylation is 1. The van der Waals surface area contributed by atoms with Crippen molar-refractivity contribution in [2.45, 2.75) is 105 Å². The molecule has 0 aromatic heterocycles. The minimum atomic E-state index is -4.31. The van der Waals surface area contributed by atoms with Crippen molar-refractivity contribution in [1.29, 1.82) is 0 Å². The summed E-state index contributed by atoms with van der Waals surface area (Å²) in [5.74, 6) is 1.61. The van der Waals surface area contributed by atoms with E-state index in [1.54, 1.807) is 7.11 Å². The lowest BCUT2D eigenvalue weighted by molar-refractivity contribution is -0.0942. The van der Waals surface area contributed by atoms with Crippen molar-refractivity contribution in [2.75, 3.05) is 13.9 Å². The zero-order valence-corrected chi connectivity index (χ0v) is 23.0. The van der Waals surface area contributed by atoms with Crippen LogP contribution in [0, 0.1) is 13.8 Å². The Morgan fingerprint density at radius 1 is 1.03 bits per heavy atom. The molecule has 1 unspecified atom stereocenters. The average molecular weight is 509 g/mol. The summed E-state index contributed by atoms with van der Waals surface area (Å²) in [7, 11) is 1.58. The molecule has 0 spiro atoms. The molecule has 0 saturated heterocycles. The topological polar surface area (TPSA) is 27.7 Å². The van der Waals surface area contributed by atoms with Crippen molar-refractivity contribution in [3.05, 3.63) is 57.7 Å². The van der Waals surface area contributed by atoms with Crippen molar-refractivity contribution in [1.82, 2.24) is 0 Å². The Bertz CT molecular complexity index is 969. The number of fused-ring (bicyclic) bond motifs is 1. The van der Waals surface area contributed by atoms with Crippen molar-refractivity contribution in [3.63, 3.8) is 0 Å². The smallest absolute Gasteiger partial charge is 0.412 e. The Morgan fingerprint density at radius 3 is 2.36 bits per heavy atom. The molecule has 0 N–H and O–H groups in total. The van der Waals surface area contributed by atoms with Gasteiger partial charge in [-0.15, -0.1) is 0 Å². The highest BCUT2D eigenvalue weighted by molar-refractivity contribution is 5.53. The minimum Gasteiger partial charge on any atom is -0.487 e. The van der Waals surface area contributed by atoms with Crippen LogP contribution in [0.5, 0.6) is 11.5 Å². The fourth-order valence-corrected chi connectivity index (χ4v) is 4.48. The Morgan fingerprint density at radius 2 is 1.72 bits per heavy atom. The van der Waals surface area contributed by atoms with E-state index in [4.69, 9.17) is 14.2 Å². The van der Waals surface area contributed by atoms with Gasteiger partial charge in [0, 0.05) is 12.7 Å². The molecule has 1 aliphatic heterocycles. The highest BCUT2D eigenvalue weighted by Crippen LogP contribution is 2.42. The van der Waals surface area contributed by atoms with Crippen LogP contribution in [0.25, 0.3) is 0 Å². The van der Waals surface area contributed by atoms with E-state index in [0.717, 1.165) is 59.4 Å². The second-order valence-electron chi connectivity index (χ2n) is 10.4. The van der Waals surface area contributed by atoms with Crippen molar-refractivity contribution in [3.8, 4) is 11.5 Å². The fraction of sp³-hybridized carbons (Fsp3) is 0.600. The maximum Gasteiger partial charge on any atom is 0.412 e. The standard InChI is InChI=1S/C30H43F3O3/c1-21(2)11-8-12-22(3)13-9-14-26(30(31,32)33)15-10-17-29(6)18-16-25-19-27(35-20-34-7)23(4)24(5)28(25)36-29/h11,13,15,19H,8-10,12,14,16-18,20H2,1-7H3/b22-13+,26-15-. The van der Waals surface area contributed by atoms with E-state index in [-0.39, 0.29) is 13.2 Å². The molecule has 36 heavy (non-hydrogen) atoms. The maximum atomic E-state index is 13.7. The van der Waals surface area contributed by atoms with Gasteiger partial charge in [0.1, 0.15) is 17.1 Å². The average Bonchev–Trinajstić information content (AvgIpc) is 2.79. The van der Waals surface area contributed by atoms with Crippen molar-refractivity contribution < 1.29 is 27.4 Å². The monoisotopic (exact) mass is 508 g/mol. The fourth-order valence-electron chi connectivity index (χ4n) is 4.48. The van der Waals surface area contributed by atoms with Crippen LogP contribution in [0.2, 0.25) is 0 Å². The summed E-state index contributed by atoms with van der Waals surface area (Å²) in [6.07, 6.45) is 5.78. The molecule has 1 aromatic carbocycles. The first-order valence-electron chi connectivity index (χ1n) is 12.9. The van der Waals surface area contributed by atoms with Crippen LogP contribution in [-0.2, 0) is 11.2 Å². The largest absolute Gasteiger partial charge is 0.487 e. The van der Waals surface area contributed by atoms with E-state index in [0.29, 0.717) is 19.3 Å². The van der Waals surface area contributed by atoms with Gasteiger partial charge in [0.15, 0.2) is 6.79 Å². The van der Waals surface area contributed by atoms with E-state index in [2.05, 4.69) is 6.08 Å². The van der Waals surface area contributed by atoms with Crippen LogP contribution < -0.4 is 9.47 Å². The molecular weight excluding hydrogens is 465 g/mol. The molecule has 0 radical (unpaired) electrons. The lowest BCUT2D eigenvalue weighted by Crippen LogP contribution is -2.36. The first-order chi connectivity index (χ1) is 16.9. The predicted octanol–water partition coefficient (Wildman–Crippen LogP) is 9.11. The van der Waals surface area contributed by atoms with Gasteiger partial charge in [0.2, 0.25) is 0 Å². The number of ether oxygens (including phenoxy) is 3. The second-order valence-corrected chi connectivity index (χ2v) is 10.4. The number of rotatable bonds is 12. The van der Waals surface area contributed by atoms with Gasteiger partial charge < -0.3 is 14.2 Å². The number of methoxy groups -OCH3 is 1. The lowest BCUT2D eigenvalue weighted by Gasteiger charge is -2.37. The Kier molecular flexibility index (Phi) is 11.1. The molecule has 1 aliphatic rings. The Hall–Kier alpha value is -2.21. The first kappa shape index (κ1) is 30.0. The van der Waals surface area contributed by atoms with Gasteiger partial charge in [0.25, 0.3) is 0 Å². The van der Waals surface area contributed by atoms with Gasteiger partial charge in [-0.05, 0) is 116 Å². The summed E-state index contributed by atoms with van der Waals surface area (Å²) < 4.78 is 58.1. The summed E-state index contributed by atoms with van der Waals surface area (Å²) >= 11 is 0. The van der Waals surface area contributed by atoms with E-state index in [1.165, 1.54) is 11.6 Å². The van der Waals surface area contributed by atoms with Gasteiger partial charge in [0.05, 0.1) is 0 Å². The zero-order valence-electron chi connectivity index (χ0n) is 23.0. The number of allylic oxidation sites excluding steroid dienone is 6. The third-order valence-electron chi connectivity index (χ3n) is 6.90. The highest BCUT2D eigenvalue weighted by Gasteiger charge is 2.35. The van der Waals surface area contributed by atoms with E-state index in [9.17, 15) is 13.2 Å². The van der Waals surface area contributed by atoms with Crippen LogP contribution in [0.3, 0.4) is 0 Å². The molecule has 2 rings (SSSR count). The molecule has 0 bridgehead atoms. The number of hydrogen-bond donors (Lipinski definition) is 0. The SMILES string of the molecule is COCOc1cc2c(c(C)c1C)OC(C)(CC/C=C(/CC/C=C(\C)CCC=C(C)C)C(F)(F)F)CC2.